The number of nitrogens with one attached hydrogen (secondary N) is 2. The van der Waals surface area contributed by atoms with Crippen molar-refractivity contribution in [2.45, 2.75) is 11.3 Å². The van der Waals surface area contributed by atoms with E-state index in [0.717, 1.165) is 5.69 Å². The molecule has 20 heavy (non-hydrogen) atoms. The maximum Gasteiger partial charge on any atom is 0.242 e. The SMILES string of the molecule is CNc1ccccc1S(=O)(=O)NCCc1ccccn1. The van der Waals surface area contributed by atoms with Crippen molar-refractivity contribution >= 4 is 15.7 Å². The van der Waals surface area contributed by atoms with Crippen molar-refractivity contribution in [1.29, 1.82) is 0 Å². The van der Waals surface area contributed by atoms with E-state index in [9.17, 15) is 8.42 Å². The van der Waals surface area contributed by atoms with Gasteiger partial charge in [0.2, 0.25) is 10.0 Å². The van der Waals surface area contributed by atoms with Crippen LogP contribution in [0.25, 0.3) is 0 Å². The average Bonchev–Trinajstić information content (AvgIpc) is 2.48. The fourth-order valence-corrected chi connectivity index (χ4v) is 3.09. The van der Waals surface area contributed by atoms with Gasteiger partial charge in [0.05, 0.1) is 5.69 Å². The van der Waals surface area contributed by atoms with Crippen molar-refractivity contribution in [3.63, 3.8) is 0 Å². The van der Waals surface area contributed by atoms with Crippen LogP contribution in [0.1, 0.15) is 5.69 Å². The minimum Gasteiger partial charge on any atom is -0.387 e. The highest BCUT2D eigenvalue weighted by molar-refractivity contribution is 7.89. The van der Waals surface area contributed by atoms with Crippen LogP contribution in [-0.4, -0.2) is 27.0 Å². The van der Waals surface area contributed by atoms with Gasteiger partial charge in [-0.05, 0) is 24.3 Å². The Morgan fingerprint density at radius 3 is 2.55 bits per heavy atom. The van der Waals surface area contributed by atoms with Gasteiger partial charge >= 0.3 is 0 Å². The lowest BCUT2D eigenvalue weighted by Gasteiger charge is -2.10. The van der Waals surface area contributed by atoms with Crippen LogP contribution in [0.5, 0.6) is 0 Å². The fraction of sp³-hybridized carbons (Fsp3) is 0.214. The van der Waals surface area contributed by atoms with Gasteiger partial charge in [0.1, 0.15) is 4.90 Å². The van der Waals surface area contributed by atoms with Crippen molar-refractivity contribution in [2.24, 2.45) is 0 Å². The predicted molar refractivity (Wildman–Crippen MR) is 79.1 cm³/mol. The molecule has 0 fully saturated rings. The Morgan fingerprint density at radius 2 is 1.85 bits per heavy atom. The quantitative estimate of drug-likeness (QED) is 0.849. The number of benzene rings is 1. The first-order valence-electron chi connectivity index (χ1n) is 6.30. The van der Waals surface area contributed by atoms with Gasteiger partial charge in [-0.2, -0.15) is 0 Å². The minimum absolute atomic E-state index is 0.253. The molecule has 2 rings (SSSR count). The highest BCUT2D eigenvalue weighted by Crippen LogP contribution is 2.19. The molecule has 1 aromatic heterocycles. The van der Waals surface area contributed by atoms with Gasteiger partial charge in [0.15, 0.2) is 0 Å². The zero-order valence-electron chi connectivity index (χ0n) is 11.2. The van der Waals surface area contributed by atoms with E-state index in [2.05, 4.69) is 15.0 Å². The normalized spacial score (nSPS) is 11.2. The molecular formula is C14H17N3O2S. The molecule has 0 aliphatic heterocycles. The lowest BCUT2D eigenvalue weighted by atomic mass is 10.3. The summed E-state index contributed by atoms with van der Waals surface area (Å²) in [6.45, 7) is 0.317. The number of nitrogens with zero attached hydrogens (tertiary/aromatic N) is 1. The van der Waals surface area contributed by atoms with E-state index in [-0.39, 0.29) is 4.90 Å². The third-order valence-corrected chi connectivity index (χ3v) is 4.36. The van der Waals surface area contributed by atoms with E-state index >= 15 is 0 Å². The van der Waals surface area contributed by atoms with Crippen LogP contribution in [0.3, 0.4) is 0 Å². The molecular weight excluding hydrogens is 274 g/mol. The maximum atomic E-state index is 12.2. The monoisotopic (exact) mass is 291 g/mol. The second-order valence-electron chi connectivity index (χ2n) is 4.22. The Kier molecular flexibility index (Phi) is 4.70. The number of sulfonamides is 1. The summed E-state index contributed by atoms with van der Waals surface area (Å²) in [6, 6.07) is 12.4. The van der Waals surface area contributed by atoms with Crippen molar-refractivity contribution in [2.75, 3.05) is 18.9 Å². The van der Waals surface area contributed by atoms with Crippen LogP contribution in [0, 0.1) is 0 Å². The van der Waals surface area contributed by atoms with E-state index in [1.165, 1.54) is 0 Å². The zero-order chi connectivity index (χ0) is 14.4. The summed E-state index contributed by atoms with van der Waals surface area (Å²) in [4.78, 5) is 4.41. The van der Waals surface area contributed by atoms with Gasteiger partial charge in [0.25, 0.3) is 0 Å². The largest absolute Gasteiger partial charge is 0.387 e. The molecule has 0 spiro atoms. The van der Waals surface area contributed by atoms with Crippen LogP contribution >= 0.6 is 0 Å². The molecule has 6 heteroatoms. The van der Waals surface area contributed by atoms with Crippen LogP contribution in [0.4, 0.5) is 5.69 Å². The Hall–Kier alpha value is -1.92. The highest BCUT2D eigenvalue weighted by Gasteiger charge is 2.16. The van der Waals surface area contributed by atoms with Gasteiger partial charge < -0.3 is 5.32 Å². The zero-order valence-corrected chi connectivity index (χ0v) is 12.0. The number of pyridine rings is 1. The molecule has 1 aromatic carbocycles. The minimum atomic E-state index is -3.51. The second-order valence-corrected chi connectivity index (χ2v) is 5.95. The van der Waals surface area contributed by atoms with Crippen molar-refractivity contribution in [1.82, 2.24) is 9.71 Å². The first-order chi connectivity index (χ1) is 9.63. The summed E-state index contributed by atoms with van der Waals surface area (Å²) < 4.78 is 27.1. The van der Waals surface area contributed by atoms with E-state index < -0.39 is 10.0 Å². The molecule has 2 N–H and O–H groups in total. The lowest BCUT2D eigenvalue weighted by molar-refractivity contribution is 0.581. The molecule has 2 aromatic rings. The topological polar surface area (TPSA) is 71.1 Å². The molecule has 0 aliphatic rings. The molecule has 0 aliphatic carbocycles. The van der Waals surface area contributed by atoms with Crippen LogP contribution in [-0.2, 0) is 16.4 Å². The number of para-hydroxylation sites is 1. The van der Waals surface area contributed by atoms with Crippen LogP contribution < -0.4 is 10.0 Å². The van der Waals surface area contributed by atoms with Crippen molar-refractivity contribution in [3.05, 3.63) is 54.4 Å². The molecule has 0 saturated carbocycles. The predicted octanol–water partition coefficient (Wildman–Crippen LogP) is 1.64. The van der Waals surface area contributed by atoms with Crippen molar-refractivity contribution in [3.8, 4) is 0 Å². The third kappa shape index (κ3) is 3.55. The highest BCUT2D eigenvalue weighted by atomic mass is 32.2. The number of anilines is 1. The van der Waals surface area contributed by atoms with E-state index in [4.69, 9.17) is 0 Å². The number of hydrogen-bond acceptors (Lipinski definition) is 4. The molecule has 0 amide bonds. The summed E-state index contributed by atoms with van der Waals surface area (Å²) >= 11 is 0. The third-order valence-electron chi connectivity index (χ3n) is 2.85. The standard InChI is InChI=1S/C14H17N3O2S/c1-15-13-7-2-3-8-14(13)20(18,19)17-11-9-12-6-4-5-10-16-12/h2-8,10,15,17H,9,11H2,1H3. The molecule has 0 unspecified atom stereocenters. The summed E-state index contributed by atoms with van der Waals surface area (Å²) in [7, 11) is -1.82. The summed E-state index contributed by atoms with van der Waals surface area (Å²) in [6.07, 6.45) is 2.25. The van der Waals surface area contributed by atoms with Gasteiger partial charge in [-0.1, -0.05) is 18.2 Å². The molecule has 0 saturated heterocycles. The number of hydrogen-bond donors (Lipinski definition) is 2. The molecule has 1 heterocycles. The number of aromatic nitrogens is 1. The Bertz CT molecular complexity index is 657. The first-order valence-corrected chi connectivity index (χ1v) is 7.78. The summed E-state index contributed by atoms with van der Waals surface area (Å²) in [5.41, 5.74) is 1.44. The Morgan fingerprint density at radius 1 is 1.10 bits per heavy atom. The van der Waals surface area contributed by atoms with Crippen LogP contribution in [0.2, 0.25) is 0 Å². The van der Waals surface area contributed by atoms with Gasteiger partial charge in [-0.15, -0.1) is 0 Å². The van der Waals surface area contributed by atoms with E-state index in [1.807, 2.05) is 18.2 Å². The summed E-state index contributed by atoms with van der Waals surface area (Å²) in [5, 5.41) is 2.88. The fourth-order valence-electron chi connectivity index (χ4n) is 1.84. The molecule has 5 nitrogen and oxygen atoms in total. The average molecular weight is 291 g/mol. The molecule has 106 valence electrons. The summed E-state index contributed by atoms with van der Waals surface area (Å²) in [5.74, 6) is 0. The Labute approximate surface area is 119 Å². The van der Waals surface area contributed by atoms with Gasteiger partial charge in [0, 0.05) is 31.9 Å². The van der Waals surface area contributed by atoms with Gasteiger partial charge in [-0.25, -0.2) is 13.1 Å². The maximum absolute atomic E-state index is 12.2. The smallest absolute Gasteiger partial charge is 0.242 e. The Balaban J connectivity index is 2.04. The van der Waals surface area contributed by atoms with Crippen LogP contribution in [0.15, 0.2) is 53.6 Å². The van der Waals surface area contributed by atoms with E-state index in [1.54, 1.807) is 37.5 Å². The van der Waals surface area contributed by atoms with E-state index in [0.29, 0.717) is 18.7 Å². The second kappa shape index (κ2) is 6.49. The lowest BCUT2D eigenvalue weighted by Crippen LogP contribution is -2.26. The van der Waals surface area contributed by atoms with Crippen molar-refractivity contribution < 1.29 is 8.42 Å². The first kappa shape index (κ1) is 14.5. The molecule has 0 atom stereocenters. The van der Waals surface area contributed by atoms with Gasteiger partial charge in [-0.3, -0.25) is 4.98 Å². The molecule has 0 radical (unpaired) electrons. The molecule has 0 bridgehead atoms. The number of rotatable bonds is 6.